The van der Waals surface area contributed by atoms with Crippen LogP contribution in [0.3, 0.4) is 0 Å². The molecule has 44 heavy (non-hydrogen) atoms. The fourth-order valence-corrected chi connectivity index (χ4v) is 5.85. The van der Waals surface area contributed by atoms with Crippen LogP contribution >= 0.6 is 0 Å². The number of carbonyl (C=O) groups excluding carboxylic acids is 2. The second-order valence-electron chi connectivity index (χ2n) is 11.4. The molecule has 0 saturated carbocycles. The monoisotopic (exact) mass is 588 g/mol. The van der Waals surface area contributed by atoms with Gasteiger partial charge in [0.05, 0.1) is 11.6 Å². The van der Waals surface area contributed by atoms with Crippen LogP contribution in [0.4, 0.5) is 5.69 Å². The van der Waals surface area contributed by atoms with Crippen molar-refractivity contribution >= 4 is 23.1 Å². The van der Waals surface area contributed by atoms with E-state index in [4.69, 9.17) is 4.74 Å². The number of amides is 1. The van der Waals surface area contributed by atoms with Gasteiger partial charge in [0, 0.05) is 30.9 Å². The molecule has 1 saturated heterocycles. The van der Waals surface area contributed by atoms with E-state index in [1.54, 1.807) is 23.1 Å². The number of likely N-dealkylation sites (tertiary alicyclic amines) is 1. The first-order valence-corrected chi connectivity index (χ1v) is 15.2. The van der Waals surface area contributed by atoms with Crippen LogP contribution in [0.1, 0.15) is 58.8 Å². The van der Waals surface area contributed by atoms with Crippen LogP contribution in [0.2, 0.25) is 0 Å². The predicted molar refractivity (Wildman–Crippen MR) is 176 cm³/mol. The van der Waals surface area contributed by atoms with Crippen molar-refractivity contribution in [3.63, 3.8) is 0 Å². The lowest BCUT2D eigenvalue weighted by Gasteiger charge is -2.27. The van der Waals surface area contributed by atoms with Crippen LogP contribution in [0.15, 0.2) is 96.6 Å². The number of anilines is 1. The Hall–Kier alpha value is -4.84. The van der Waals surface area contributed by atoms with E-state index in [1.165, 1.54) is 0 Å². The Balaban J connectivity index is 1.55. The van der Waals surface area contributed by atoms with Gasteiger partial charge in [-0.15, -0.1) is 0 Å². The van der Waals surface area contributed by atoms with Crippen molar-refractivity contribution in [3.8, 4) is 5.75 Å². The molecule has 1 fully saturated rings. The fraction of sp³-hybridized carbons (Fsp3) is 0.263. The van der Waals surface area contributed by atoms with Gasteiger partial charge >= 0.3 is 0 Å². The molecule has 4 aromatic rings. The summed E-state index contributed by atoms with van der Waals surface area (Å²) in [5.41, 5.74) is 7.33. The largest absolute Gasteiger partial charge is 0.507 e. The molecule has 6 heteroatoms. The number of Topliss-reactive ketones (excluding diaryl/α,β-unsaturated/α-hetero) is 1. The summed E-state index contributed by atoms with van der Waals surface area (Å²) in [6, 6.07) is 28.6. The number of ether oxygens (including phenoxy) is 1. The zero-order chi connectivity index (χ0) is 31.4. The summed E-state index contributed by atoms with van der Waals surface area (Å²) in [6.45, 7) is 12.5. The number of benzene rings is 4. The number of ketones is 1. The summed E-state index contributed by atoms with van der Waals surface area (Å²) in [5.74, 6) is -0.816. The first-order chi connectivity index (χ1) is 21.2. The first kappa shape index (κ1) is 30.6. The van der Waals surface area contributed by atoms with Crippen LogP contribution in [0, 0.1) is 20.8 Å². The Morgan fingerprint density at radius 1 is 0.841 bits per heavy atom. The number of hydrogen-bond acceptors (Lipinski definition) is 5. The van der Waals surface area contributed by atoms with Crippen LogP contribution in [-0.2, 0) is 22.7 Å². The zero-order valence-electron chi connectivity index (χ0n) is 26.1. The van der Waals surface area contributed by atoms with Crippen LogP contribution in [0.5, 0.6) is 5.75 Å². The molecule has 0 radical (unpaired) electrons. The molecular weight excluding hydrogens is 548 g/mol. The van der Waals surface area contributed by atoms with Crippen molar-refractivity contribution < 1.29 is 19.4 Å². The lowest BCUT2D eigenvalue weighted by molar-refractivity contribution is -0.140. The van der Waals surface area contributed by atoms with Gasteiger partial charge in [0.15, 0.2) is 0 Å². The van der Waals surface area contributed by atoms with Crippen molar-refractivity contribution in [1.29, 1.82) is 0 Å². The van der Waals surface area contributed by atoms with E-state index in [0.717, 1.165) is 52.2 Å². The Morgan fingerprint density at radius 2 is 1.55 bits per heavy atom. The highest BCUT2D eigenvalue weighted by molar-refractivity contribution is 6.46. The first-order valence-electron chi connectivity index (χ1n) is 15.2. The molecule has 0 bridgehead atoms. The summed E-state index contributed by atoms with van der Waals surface area (Å²) in [6.07, 6.45) is 0. The van der Waals surface area contributed by atoms with E-state index in [0.29, 0.717) is 17.9 Å². The van der Waals surface area contributed by atoms with Gasteiger partial charge < -0.3 is 19.6 Å². The third kappa shape index (κ3) is 6.25. The average molecular weight is 589 g/mol. The molecule has 0 aromatic heterocycles. The van der Waals surface area contributed by atoms with Gasteiger partial charge in [-0.25, -0.2) is 0 Å². The zero-order valence-corrected chi connectivity index (χ0v) is 26.1. The highest BCUT2D eigenvalue weighted by Crippen LogP contribution is 2.41. The van der Waals surface area contributed by atoms with Gasteiger partial charge in [-0.1, -0.05) is 66.2 Å². The molecule has 1 atom stereocenters. The summed E-state index contributed by atoms with van der Waals surface area (Å²) in [7, 11) is 0. The Bertz CT molecular complexity index is 1690. The number of nitrogens with zero attached hydrogens (tertiary/aromatic N) is 2. The Morgan fingerprint density at radius 3 is 2.20 bits per heavy atom. The summed E-state index contributed by atoms with van der Waals surface area (Å²) >= 11 is 0. The van der Waals surface area contributed by atoms with E-state index >= 15 is 0 Å². The highest BCUT2D eigenvalue weighted by atomic mass is 16.5. The minimum Gasteiger partial charge on any atom is -0.507 e. The van der Waals surface area contributed by atoms with Gasteiger partial charge in [-0.2, -0.15) is 0 Å². The number of carbonyl (C=O) groups is 2. The van der Waals surface area contributed by atoms with Crippen LogP contribution < -0.4 is 9.64 Å². The standard InChI is InChI=1S/C38H40N2O4/c1-6-39(7-2)32-18-15-29(16-19-32)35-34(37(42)38(43)40(35)23-31-21-25(3)13-14-26(31)4)36(41)30-17-20-33(27(5)22-30)44-24-28-11-9-8-10-12-28/h8-22,35,41H,6-7,23-24H2,1-5H3/b36-34-. The number of hydrogen-bond donors (Lipinski definition) is 1. The van der Waals surface area contributed by atoms with E-state index in [9.17, 15) is 14.7 Å². The van der Waals surface area contributed by atoms with E-state index in [2.05, 4.69) is 18.7 Å². The molecule has 1 N–H and O–H groups in total. The van der Waals surface area contributed by atoms with Gasteiger partial charge in [0.2, 0.25) is 0 Å². The number of aliphatic hydroxyl groups is 1. The maximum atomic E-state index is 13.7. The molecule has 226 valence electrons. The SMILES string of the molecule is CCN(CC)c1ccc(C2/C(=C(/O)c3ccc(OCc4ccccc4)c(C)c3)C(=O)C(=O)N2Cc2cc(C)ccc2C)cc1. The number of aliphatic hydroxyl groups excluding tert-OH is 1. The molecule has 1 amide bonds. The fourth-order valence-electron chi connectivity index (χ4n) is 5.85. The molecule has 1 unspecified atom stereocenters. The normalized spacial score (nSPS) is 15.9. The minimum absolute atomic E-state index is 0.0910. The van der Waals surface area contributed by atoms with E-state index in [1.807, 2.05) is 93.6 Å². The van der Waals surface area contributed by atoms with Crippen molar-refractivity contribution in [2.75, 3.05) is 18.0 Å². The van der Waals surface area contributed by atoms with Gasteiger partial charge in [-0.3, -0.25) is 9.59 Å². The molecule has 1 aliphatic heterocycles. The molecule has 0 aliphatic carbocycles. The maximum absolute atomic E-state index is 13.7. The topological polar surface area (TPSA) is 70.1 Å². The average Bonchev–Trinajstić information content (AvgIpc) is 3.28. The molecule has 1 heterocycles. The van der Waals surface area contributed by atoms with Gasteiger partial charge in [0.1, 0.15) is 18.1 Å². The second kappa shape index (κ2) is 13.2. The lowest BCUT2D eigenvalue weighted by Crippen LogP contribution is -2.29. The maximum Gasteiger partial charge on any atom is 0.295 e. The smallest absolute Gasteiger partial charge is 0.295 e. The predicted octanol–water partition coefficient (Wildman–Crippen LogP) is 7.66. The molecule has 4 aromatic carbocycles. The third-order valence-electron chi connectivity index (χ3n) is 8.41. The van der Waals surface area contributed by atoms with E-state index < -0.39 is 17.7 Å². The highest BCUT2D eigenvalue weighted by Gasteiger charge is 2.46. The number of rotatable bonds is 10. The quantitative estimate of drug-likeness (QED) is 0.117. The minimum atomic E-state index is -0.741. The molecule has 6 nitrogen and oxygen atoms in total. The van der Waals surface area contributed by atoms with Crippen molar-refractivity contribution in [2.24, 2.45) is 0 Å². The second-order valence-corrected chi connectivity index (χ2v) is 11.4. The third-order valence-corrected chi connectivity index (χ3v) is 8.41. The van der Waals surface area contributed by atoms with Crippen molar-refractivity contribution in [1.82, 2.24) is 4.90 Å². The van der Waals surface area contributed by atoms with Crippen LogP contribution in [-0.4, -0.2) is 34.8 Å². The summed E-state index contributed by atoms with van der Waals surface area (Å²) < 4.78 is 6.03. The molecule has 1 aliphatic rings. The molecular formula is C38H40N2O4. The van der Waals surface area contributed by atoms with E-state index in [-0.39, 0.29) is 17.9 Å². The Labute approximate surface area is 260 Å². The van der Waals surface area contributed by atoms with Crippen molar-refractivity contribution in [3.05, 3.63) is 136 Å². The lowest BCUT2D eigenvalue weighted by atomic mass is 9.94. The molecule has 5 rings (SSSR count). The number of aryl methyl sites for hydroxylation is 3. The summed E-state index contributed by atoms with van der Waals surface area (Å²) in [4.78, 5) is 31.2. The van der Waals surface area contributed by atoms with Crippen molar-refractivity contribution in [2.45, 2.75) is 53.8 Å². The summed E-state index contributed by atoms with van der Waals surface area (Å²) in [5, 5.41) is 11.7. The van der Waals surface area contributed by atoms with Gasteiger partial charge in [0.25, 0.3) is 11.7 Å². The van der Waals surface area contributed by atoms with Gasteiger partial charge in [-0.05, 0) is 92.8 Å². The molecule has 0 spiro atoms. The Kier molecular flexibility index (Phi) is 9.19. The van der Waals surface area contributed by atoms with Crippen LogP contribution in [0.25, 0.3) is 5.76 Å².